The smallest absolute Gasteiger partial charge is 0.341 e. The van der Waals surface area contributed by atoms with Gasteiger partial charge in [-0.25, -0.2) is 9.18 Å². The summed E-state index contributed by atoms with van der Waals surface area (Å²) in [5, 5.41) is 2.53. The predicted molar refractivity (Wildman–Crippen MR) is 86.4 cm³/mol. The Bertz CT molecular complexity index is 788. The molecule has 2 rings (SSSR count). The minimum Gasteiger partial charge on any atom is -0.449 e. The van der Waals surface area contributed by atoms with Crippen molar-refractivity contribution in [2.45, 2.75) is 20.0 Å². The van der Waals surface area contributed by atoms with E-state index in [1.54, 1.807) is 24.3 Å². The molecule has 0 aliphatic heterocycles. The zero-order chi connectivity index (χ0) is 17.7. The van der Waals surface area contributed by atoms with Crippen molar-refractivity contribution >= 4 is 23.3 Å². The van der Waals surface area contributed by atoms with Gasteiger partial charge in [-0.3, -0.25) is 9.59 Å². The topological polar surface area (TPSA) is 72.5 Å². The molecule has 0 aromatic heterocycles. The molecule has 0 aliphatic rings. The number of anilines is 1. The molecule has 5 nitrogen and oxygen atoms in total. The van der Waals surface area contributed by atoms with Crippen LogP contribution in [0.15, 0.2) is 48.5 Å². The van der Waals surface area contributed by atoms with Crippen LogP contribution in [-0.4, -0.2) is 23.8 Å². The van der Waals surface area contributed by atoms with Crippen molar-refractivity contribution in [1.82, 2.24) is 0 Å². The number of carbonyl (C=O) groups excluding carboxylic acids is 3. The maximum atomic E-state index is 13.5. The van der Waals surface area contributed by atoms with Crippen molar-refractivity contribution in [3.8, 4) is 0 Å². The fraction of sp³-hybridized carbons (Fsp3) is 0.167. The molecule has 6 heteroatoms. The number of amides is 1. The molecule has 0 bridgehead atoms. The summed E-state index contributed by atoms with van der Waals surface area (Å²) < 4.78 is 18.5. The van der Waals surface area contributed by atoms with Crippen LogP contribution in [0.25, 0.3) is 0 Å². The molecule has 0 fully saturated rings. The fourth-order valence-corrected chi connectivity index (χ4v) is 2.04. The summed E-state index contributed by atoms with van der Waals surface area (Å²) >= 11 is 0. The van der Waals surface area contributed by atoms with Gasteiger partial charge >= 0.3 is 5.97 Å². The number of rotatable bonds is 5. The van der Waals surface area contributed by atoms with E-state index >= 15 is 0 Å². The van der Waals surface area contributed by atoms with Crippen molar-refractivity contribution in [2.75, 3.05) is 5.32 Å². The monoisotopic (exact) mass is 329 g/mol. The van der Waals surface area contributed by atoms with Crippen LogP contribution >= 0.6 is 0 Å². The Morgan fingerprint density at radius 2 is 1.58 bits per heavy atom. The third-order valence-electron chi connectivity index (χ3n) is 3.31. The number of benzene rings is 2. The van der Waals surface area contributed by atoms with Crippen LogP contribution in [0.1, 0.15) is 34.6 Å². The van der Waals surface area contributed by atoms with E-state index in [-0.39, 0.29) is 11.3 Å². The van der Waals surface area contributed by atoms with Crippen molar-refractivity contribution in [1.29, 1.82) is 0 Å². The Labute approximate surface area is 138 Å². The molecule has 0 saturated heterocycles. The minimum atomic E-state index is -1.16. The van der Waals surface area contributed by atoms with Crippen LogP contribution in [0.3, 0.4) is 0 Å². The molecule has 1 atom stereocenters. The quantitative estimate of drug-likeness (QED) is 0.675. The largest absolute Gasteiger partial charge is 0.449 e. The molecule has 0 radical (unpaired) electrons. The van der Waals surface area contributed by atoms with Gasteiger partial charge in [0, 0.05) is 5.56 Å². The van der Waals surface area contributed by atoms with Crippen LogP contribution in [0.5, 0.6) is 0 Å². The predicted octanol–water partition coefficient (Wildman–Crippen LogP) is 3.21. The highest BCUT2D eigenvalue weighted by molar-refractivity contribution is 6.05. The number of esters is 1. The van der Waals surface area contributed by atoms with Crippen LogP contribution in [0.2, 0.25) is 0 Å². The summed E-state index contributed by atoms with van der Waals surface area (Å²) in [7, 11) is 0. The summed E-state index contributed by atoms with van der Waals surface area (Å²) in [6, 6.07) is 11.8. The fourth-order valence-electron chi connectivity index (χ4n) is 2.04. The third-order valence-corrected chi connectivity index (χ3v) is 3.31. The van der Waals surface area contributed by atoms with E-state index in [0.29, 0.717) is 11.3 Å². The molecule has 1 N–H and O–H groups in total. The molecule has 24 heavy (non-hydrogen) atoms. The van der Waals surface area contributed by atoms with Crippen LogP contribution in [0, 0.1) is 5.82 Å². The highest BCUT2D eigenvalue weighted by atomic mass is 19.1. The molecule has 0 heterocycles. The second-order valence-electron chi connectivity index (χ2n) is 5.12. The maximum Gasteiger partial charge on any atom is 0.341 e. The first-order chi connectivity index (χ1) is 11.4. The molecule has 0 unspecified atom stereocenters. The van der Waals surface area contributed by atoms with Gasteiger partial charge in [0.2, 0.25) is 0 Å². The lowest BCUT2D eigenvalue weighted by Gasteiger charge is -2.15. The number of ketones is 1. The summed E-state index contributed by atoms with van der Waals surface area (Å²) in [5.41, 5.74) is 0.420. The Kier molecular flexibility index (Phi) is 5.42. The second kappa shape index (κ2) is 7.50. The Morgan fingerprint density at radius 3 is 2.21 bits per heavy atom. The summed E-state index contributed by atoms with van der Waals surface area (Å²) in [4.78, 5) is 35.6. The van der Waals surface area contributed by atoms with Crippen LogP contribution < -0.4 is 5.32 Å². The lowest BCUT2D eigenvalue weighted by atomic mass is 10.1. The highest BCUT2D eigenvalue weighted by Gasteiger charge is 2.21. The van der Waals surface area contributed by atoms with Gasteiger partial charge < -0.3 is 10.1 Å². The average Bonchev–Trinajstić information content (AvgIpc) is 2.55. The standard InChI is InChI=1S/C18H16FNO4/c1-11(21)13-7-4-6-10-16(13)20-17(22)12(2)24-18(23)14-8-3-5-9-15(14)19/h3-10,12H,1-2H3,(H,20,22)/t12-/m1/s1. The van der Waals surface area contributed by atoms with E-state index in [4.69, 9.17) is 4.74 Å². The van der Waals surface area contributed by atoms with E-state index < -0.39 is 23.8 Å². The van der Waals surface area contributed by atoms with Gasteiger partial charge in [-0.1, -0.05) is 24.3 Å². The normalized spacial score (nSPS) is 11.5. The van der Waals surface area contributed by atoms with E-state index in [0.717, 1.165) is 6.07 Å². The number of para-hydroxylation sites is 1. The number of ether oxygens (including phenoxy) is 1. The van der Waals surface area contributed by atoms with Gasteiger partial charge in [0.15, 0.2) is 11.9 Å². The first-order valence-corrected chi connectivity index (χ1v) is 7.26. The molecular weight excluding hydrogens is 313 g/mol. The number of halogens is 1. The second-order valence-corrected chi connectivity index (χ2v) is 5.12. The number of carbonyl (C=O) groups is 3. The summed E-state index contributed by atoms with van der Waals surface area (Å²) in [5.74, 6) is -2.48. The molecular formula is C18H16FNO4. The summed E-state index contributed by atoms with van der Waals surface area (Å²) in [6.07, 6.45) is -1.16. The van der Waals surface area contributed by atoms with Crippen molar-refractivity contribution in [2.24, 2.45) is 0 Å². The van der Waals surface area contributed by atoms with E-state index in [1.165, 1.54) is 32.0 Å². The van der Waals surface area contributed by atoms with Gasteiger partial charge in [0.25, 0.3) is 5.91 Å². The van der Waals surface area contributed by atoms with Crippen molar-refractivity contribution < 1.29 is 23.5 Å². The Hall–Kier alpha value is -3.02. The minimum absolute atomic E-state index is 0.207. The number of nitrogens with one attached hydrogen (secondary N) is 1. The zero-order valence-electron chi connectivity index (χ0n) is 13.2. The van der Waals surface area contributed by atoms with Gasteiger partial charge in [-0.05, 0) is 38.1 Å². The molecule has 0 saturated carbocycles. The van der Waals surface area contributed by atoms with Crippen LogP contribution in [-0.2, 0) is 9.53 Å². The number of hydrogen-bond acceptors (Lipinski definition) is 4. The highest BCUT2D eigenvalue weighted by Crippen LogP contribution is 2.16. The van der Waals surface area contributed by atoms with E-state index in [1.807, 2.05) is 0 Å². The number of Topliss-reactive ketones (excluding diaryl/α,β-unsaturated/α-hetero) is 1. The molecule has 2 aromatic rings. The SMILES string of the molecule is CC(=O)c1ccccc1NC(=O)[C@@H](C)OC(=O)c1ccccc1F. The van der Waals surface area contributed by atoms with Gasteiger partial charge in [-0.15, -0.1) is 0 Å². The third kappa shape index (κ3) is 4.04. The number of hydrogen-bond donors (Lipinski definition) is 1. The lowest BCUT2D eigenvalue weighted by Crippen LogP contribution is -2.30. The van der Waals surface area contributed by atoms with E-state index in [9.17, 15) is 18.8 Å². The Balaban J connectivity index is 2.07. The van der Waals surface area contributed by atoms with Crippen LogP contribution in [0.4, 0.5) is 10.1 Å². The zero-order valence-corrected chi connectivity index (χ0v) is 13.2. The van der Waals surface area contributed by atoms with Crippen molar-refractivity contribution in [3.05, 3.63) is 65.5 Å². The van der Waals surface area contributed by atoms with Gasteiger partial charge in [0.05, 0.1) is 11.3 Å². The summed E-state index contributed by atoms with van der Waals surface area (Å²) in [6.45, 7) is 2.75. The lowest BCUT2D eigenvalue weighted by molar-refractivity contribution is -0.123. The first kappa shape index (κ1) is 17.3. The maximum absolute atomic E-state index is 13.5. The van der Waals surface area contributed by atoms with Gasteiger partial charge in [0.1, 0.15) is 5.82 Å². The molecule has 1 amide bonds. The molecule has 124 valence electrons. The molecule has 2 aromatic carbocycles. The molecule has 0 spiro atoms. The van der Waals surface area contributed by atoms with Crippen molar-refractivity contribution in [3.63, 3.8) is 0 Å². The Morgan fingerprint density at radius 1 is 1.00 bits per heavy atom. The van der Waals surface area contributed by atoms with E-state index in [2.05, 4.69) is 5.32 Å². The van der Waals surface area contributed by atoms with Gasteiger partial charge in [-0.2, -0.15) is 0 Å². The molecule has 0 aliphatic carbocycles. The average molecular weight is 329 g/mol. The first-order valence-electron chi connectivity index (χ1n) is 7.26.